The van der Waals surface area contributed by atoms with Gasteiger partial charge < -0.3 is 5.32 Å². The summed E-state index contributed by atoms with van der Waals surface area (Å²) in [5.41, 5.74) is 2.31. The number of guanidine groups is 1. The lowest BCUT2D eigenvalue weighted by atomic mass is 10.6. The molecule has 0 atom stereocenters. The van der Waals surface area contributed by atoms with Crippen LogP contribution in [0.15, 0.2) is 4.99 Å². The topological polar surface area (TPSA) is 109 Å². The maximum Gasteiger partial charge on any atom is 0.208 e. The number of hydrazine groups is 1. The Morgan fingerprint density at radius 1 is 1.46 bits per heavy atom. The molecule has 78 valence electrons. The number of hydrogen-bond donors (Lipinski definition) is 4. The first-order valence-electron chi connectivity index (χ1n) is 3.61. The van der Waals surface area contributed by atoms with E-state index in [1.54, 1.807) is 7.05 Å². The molecule has 8 heteroatoms. The monoisotopic (exact) mass is 209 g/mol. The average Bonchev–Trinajstić information content (AvgIpc) is 2.03. The Hall–Kier alpha value is -0.860. The minimum atomic E-state index is -3.12. The summed E-state index contributed by atoms with van der Waals surface area (Å²) in [5.74, 6) is 5.48. The van der Waals surface area contributed by atoms with Gasteiger partial charge >= 0.3 is 0 Å². The summed E-state index contributed by atoms with van der Waals surface area (Å²) in [6.45, 7) is 0.712. The van der Waals surface area contributed by atoms with Crippen LogP contribution < -0.4 is 21.3 Å². The number of aliphatic imine (C=N–C) groups is 1. The second-order valence-corrected chi connectivity index (χ2v) is 4.14. The minimum Gasteiger partial charge on any atom is -0.354 e. The molecule has 0 aromatic heterocycles. The zero-order chi connectivity index (χ0) is 10.3. The molecule has 0 bridgehead atoms. The Labute approximate surface area is 77.8 Å². The molecule has 0 rings (SSSR count). The highest BCUT2D eigenvalue weighted by Gasteiger charge is 1.98. The summed E-state index contributed by atoms with van der Waals surface area (Å²) in [6.07, 6.45) is 1.10. The van der Waals surface area contributed by atoms with E-state index in [4.69, 9.17) is 5.84 Å². The number of rotatable bonds is 4. The highest BCUT2D eigenvalue weighted by molar-refractivity contribution is 7.88. The highest BCUT2D eigenvalue weighted by atomic mass is 32.2. The Morgan fingerprint density at radius 3 is 2.46 bits per heavy atom. The molecule has 0 aliphatic rings. The summed E-state index contributed by atoms with van der Waals surface area (Å²) in [5, 5.41) is 2.78. The number of nitrogens with two attached hydrogens (primary N) is 1. The van der Waals surface area contributed by atoms with Crippen molar-refractivity contribution in [2.45, 2.75) is 0 Å². The quantitative estimate of drug-likeness (QED) is 0.135. The maximum atomic E-state index is 10.6. The van der Waals surface area contributed by atoms with Crippen molar-refractivity contribution in [3.8, 4) is 0 Å². The summed E-state index contributed by atoms with van der Waals surface area (Å²) in [4.78, 5) is 3.73. The third kappa shape index (κ3) is 7.50. The highest BCUT2D eigenvalue weighted by Crippen LogP contribution is 1.71. The zero-order valence-electron chi connectivity index (χ0n) is 7.66. The third-order valence-corrected chi connectivity index (χ3v) is 1.87. The van der Waals surface area contributed by atoms with E-state index < -0.39 is 10.0 Å². The molecule has 0 saturated heterocycles. The molecular formula is C5H15N5O2S. The van der Waals surface area contributed by atoms with E-state index in [0.29, 0.717) is 19.0 Å². The SMILES string of the molecule is CN=C(NN)NCCNS(C)(=O)=O. The van der Waals surface area contributed by atoms with Crippen LogP contribution in [-0.4, -0.2) is 40.8 Å². The second kappa shape index (κ2) is 5.73. The summed E-state index contributed by atoms with van der Waals surface area (Å²) in [6, 6.07) is 0. The first kappa shape index (κ1) is 12.1. The van der Waals surface area contributed by atoms with E-state index >= 15 is 0 Å². The van der Waals surface area contributed by atoms with Gasteiger partial charge in [-0.2, -0.15) is 0 Å². The van der Waals surface area contributed by atoms with Crippen LogP contribution in [0.25, 0.3) is 0 Å². The van der Waals surface area contributed by atoms with Gasteiger partial charge in [-0.15, -0.1) is 0 Å². The summed E-state index contributed by atoms with van der Waals surface area (Å²) in [7, 11) is -1.56. The van der Waals surface area contributed by atoms with Crippen LogP contribution in [-0.2, 0) is 10.0 Å². The van der Waals surface area contributed by atoms with Gasteiger partial charge in [0.25, 0.3) is 0 Å². The standard InChI is InChI=1S/C5H15N5O2S/c1-7-5(10-6)8-3-4-9-13(2,11)12/h9H,3-4,6H2,1-2H3,(H2,7,8,10). The number of nitrogens with one attached hydrogen (secondary N) is 3. The molecule has 0 aliphatic carbocycles. The first-order valence-corrected chi connectivity index (χ1v) is 5.50. The van der Waals surface area contributed by atoms with Gasteiger partial charge in [0.1, 0.15) is 0 Å². The van der Waals surface area contributed by atoms with Gasteiger partial charge in [-0.05, 0) is 0 Å². The van der Waals surface area contributed by atoms with Gasteiger partial charge in [0.05, 0.1) is 6.26 Å². The molecular weight excluding hydrogens is 194 g/mol. The molecule has 0 unspecified atom stereocenters. The molecule has 0 spiro atoms. The van der Waals surface area contributed by atoms with Crippen molar-refractivity contribution in [3.63, 3.8) is 0 Å². The Balaban J connectivity index is 3.58. The van der Waals surface area contributed by atoms with Gasteiger partial charge in [0.15, 0.2) is 0 Å². The molecule has 0 heterocycles. The minimum absolute atomic E-state index is 0.291. The largest absolute Gasteiger partial charge is 0.354 e. The van der Waals surface area contributed by atoms with Gasteiger partial charge in [-0.3, -0.25) is 10.4 Å². The van der Waals surface area contributed by atoms with Gasteiger partial charge in [0.2, 0.25) is 16.0 Å². The Bertz CT molecular complexity index is 260. The van der Waals surface area contributed by atoms with E-state index in [0.717, 1.165) is 6.26 Å². The van der Waals surface area contributed by atoms with Crippen LogP contribution in [0, 0.1) is 0 Å². The van der Waals surface area contributed by atoms with E-state index in [9.17, 15) is 8.42 Å². The molecule has 0 aromatic carbocycles. The first-order chi connectivity index (χ1) is 5.99. The molecule has 7 nitrogen and oxygen atoms in total. The van der Waals surface area contributed by atoms with E-state index in [1.165, 1.54) is 0 Å². The normalized spacial score (nSPS) is 12.7. The molecule has 0 aromatic rings. The van der Waals surface area contributed by atoms with Crippen molar-refractivity contribution in [2.24, 2.45) is 10.8 Å². The fourth-order valence-corrected chi connectivity index (χ4v) is 1.08. The predicted molar refractivity (Wildman–Crippen MR) is 51.5 cm³/mol. The van der Waals surface area contributed by atoms with Crippen molar-refractivity contribution in [3.05, 3.63) is 0 Å². The van der Waals surface area contributed by atoms with Gasteiger partial charge in [-0.1, -0.05) is 0 Å². The summed E-state index contributed by atoms with van der Waals surface area (Å²) < 4.78 is 23.5. The Morgan fingerprint density at radius 2 is 2.08 bits per heavy atom. The van der Waals surface area contributed by atoms with Crippen LogP contribution >= 0.6 is 0 Å². The number of hydrogen-bond acceptors (Lipinski definition) is 4. The molecule has 13 heavy (non-hydrogen) atoms. The van der Waals surface area contributed by atoms with Crippen LogP contribution in [0.3, 0.4) is 0 Å². The van der Waals surface area contributed by atoms with Crippen LogP contribution in [0.1, 0.15) is 0 Å². The molecule has 0 amide bonds. The van der Waals surface area contributed by atoms with E-state index in [2.05, 4.69) is 20.5 Å². The van der Waals surface area contributed by atoms with Crippen molar-refractivity contribution < 1.29 is 8.42 Å². The second-order valence-electron chi connectivity index (χ2n) is 2.31. The van der Waals surface area contributed by atoms with Crippen LogP contribution in [0.4, 0.5) is 0 Å². The lowest BCUT2D eigenvalue weighted by molar-refractivity contribution is 0.587. The molecule has 0 saturated carbocycles. The van der Waals surface area contributed by atoms with Crippen molar-refractivity contribution in [2.75, 3.05) is 26.4 Å². The lowest BCUT2D eigenvalue weighted by Crippen LogP contribution is -2.44. The fraction of sp³-hybridized carbons (Fsp3) is 0.800. The van der Waals surface area contributed by atoms with Gasteiger partial charge in [0, 0.05) is 20.1 Å². The van der Waals surface area contributed by atoms with Crippen molar-refractivity contribution in [1.29, 1.82) is 0 Å². The Kier molecular flexibility index (Phi) is 5.35. The van der Waals surface area contributed by atoms with E-state index in [1.807, 2.05) is 0 Å². The van der Waals surface area contributed by atoms with Crippen molar-refractivity contribution in [1.82, 2.24) is 15.5 Å². The van der Waals surface area contributed by atoms with E-state index in [-0.39, 0.29) is 0 Å². The molecule has 0 aliphatic heterocycles. The fourth-order valence-electron chi connectivity index (χ4n) is 0.612. The van der Waals surface area contributed by atoms with Crippen molar-refractivity contribution >= 4 is 16.0 Å². The summed E-state index contributed by atoms with van der Waals surface area (Å²) >= 11 is 0. The lowest BCUT2D eigenvalue weighted by Gasteiger charge is -2.07. The molecule has 5 N–H and O–H groups in total. The smallest absolute Gasteiger partial charge is 0.208 e. The van der Waals surface area contributed by atoms with Crippen LogP contribution in [0.2, 0.25) is 0 Å². The average molecular weight is 209 g/mol. The number of nitrogens with zero attached hydrogens (tertiary/aromatic N) is 1. The molecule has 0 radical (unpaired) electrons. The van der Waals surface area contributed by atoms with Gasteiger partial charge in [-0.25, -0.2) is 19.0 Å². The maximum absolute atomic E-state index is 10.6. The predicted octanol–water partition coefficient (Wildman–Crippen LogP) is -2.43. The van der Waals surface area contributed by atoms with Crippen LogP contribution in [0.5, 0.6) is 0 Å². The zero-order valence-corrected chi connectivity index (χ0v) is 8.48. The number of sulfonamides is 1. The third-order valence-electron chi connectivity index (χ3n) is 1.14. The molecule has 0 fully saturated rings.